The van der Waals surface area contributed by atoms with Crippen LogP contribution in [0.1, 0.15) is 55.6 Å². The van der Waals surface area contributed by atoms with Gasteiger partial charge < -0.3 is 4.74 Å². The quantitative estimate of drug-likeness (QED) is 0.621. The maximum absolute atomic E-state index is 10.9. The number of rotatable bonds is 3. The molecule has 3 heteroatoms. The zero-order valence-corrected chi connectivity index (χ0v) is 11.8. The van der Waals surface area contributed by atoms with E-state index in [0.717, 1.165) is 51.7 Å². The second kappa shape index (κ2) is 5.90. The number of isocyanates is 1. The number of hydrogen-bond donors (Lipinski definition) is 0. The van der Waals surface area contributed by atoms with E-state index in [1.807, 2.05) is 6.08 Å². The fourth-order valence-corrected chi connectivity index (χ4v) is 3.77. The summed E-state index contributed by atoms with van der Waals surface area (Å²) >= 11 is 0. The van der Waals surface area contributed by atoms with Gasteiger partial charge in [-0.1, -0.05) is 37.1 Å². The van der Waals surface area contributed by atoms with Crippen molar-refractivity contribution in [1.82, 2.24) is 0 Å². The van der Waals surface area contributed by atoms with Gasteiger partial charge >= 0.3 is 0 Å². The van der Waals surface area contributed by atoms with Gasteiger partial charge in [0.2, 0.25) is 6.08 Å². The van der Waals surface area contributed by atoms with E-state index in [1.54, 1.807) is 0 Å². The molecule has 0 aromatic heterocycles. The summed E-state index contributed by atoms with van der Waals surface area (Å²) in [6, 6.07) is 8.54. The minimum atomic E-state index is -0.309. The molecule has 0 amide bonds. The Bertz CT molecular complexity index is 507. The van der Waals surface area contributed by atoms with Crippen molar-refractivity contribution in [3.05, 3.63) is 35.4 Å². The van der Waals surface area contributed by atoms with Crippen LogP contribution in [0.2, 0.25) is 0 Å². The molecule has 1 aromatic carbocycles. The van der Waals surface area contributed by atoms with Gasteiger partial charge in [-0.15, -0.1) is 0 Å². The lowest BCUT2D eigenvalue weighted by Gasteiger charge is -2.31. The SMILES string of the molecule is O=C=NC1(c2ccccc2C2CCOCC2)CCCC1. The van der Waals surface area contributed by atoms with E-state index in [1.165, 1.54) is 11.1 Å². The second-order valence-corrected chi connectivity index (χ2v) is 5.92. The van der Waals surface area contributed by atoms with Crippen LogP contribution in [0.5, 0.6) is 0 Å². The zero-order valence-electron chi connectivity index (χ0n) is 11.8. The number of benzene rings is 1. The first-order chi connectivity index (χ1) is 9.86. The largest absolute Gasteiger partial charge is 0.381 e. The van der Waals surface area contributed by atoms with Crippen LogP contribution in [0.4, 0.5) is 0 Å². The topological polar surface area (TPSA) is 38.7 Å². The Morgan fingerprint density at radius 2 is 1.85 bits per heavy atom. The Hall–Kier alpha value is -1.44. The third-order valence-electron chi connectivity index (χ3n) is 4.81. The molecule has 20 heavy (non-hydrogen) atoms. The minimum absolute atomic E-state index is 0.309. The van der Waals surface area contributed by atoms with Crippen molar-refractivity contribution in [3.63, 3.8) is 0 Å². The molecule has 1 aliphatic heterocycles. The highest BCUT2D eigenvalue weighted by atomic mass is 16.5. The lowest BCUT2D eigenvalue weighted by molar-refractivity contribution is 0.0849. The fourth-order valence-electron chi connectivity index (χ4n) is 3.77. The Labute approximate surface area is 120 Å². The molecular weight excluding hydrogens is 250 g/mol. The molecule has 1 aliphatic carbocycles. The summed E-state index contributed by atoms with van der Waals surface area (Å²) in [4.78, 5) is 15.2. The Kier molecular flexibility index (Phi) is 4.00. The maximum Gasteiger partial charge on any atom is 0.235 e. The van der Waals surface area contributed by atoms with Crippen molar-refractivity contribution in [2.24, 2.45) is 4.99 Å². The minimum Gasteiger partial charge on any atom is -0.381 e. The highest BCUT2D eigenvalue weighted by Gasteiger charge is 2.38. The van der Waals surface area contributed by atoms with Crippen LogP contribution >= 0.6 is 0 Å². The number of hydrogen-bond acceptors (Lipinski definition) is 3. The van der Waals surface area contributed by atoms with Crippen LogP contribution in [-0.4, -0.2) is 19.3 Å². The van der Waals surface area contributed by atoms with Gasteiger partial charge in [-0.2, -0.15) is 4.99 Å². The Morgan fingerprint density at radius 1 is 1.15 bits per heavy atom. The van der Waals surface area contributed by atoms with Crippen molar-refractivity contribution >= 4 is 6.08 Å². The first-order valence-corrected chi connectivity index (χ1v) is 7.62. The van der Waals surface area contributed by atoms with Gasteiger partial charge in [-0.05, 0) is 42.7 Å². The number of aliphatic imine (C=N–C) groups is 1. The molecular formula is C17H21NO2. The van der Waals surface area contributed by atoms with Crippen LogP contribution in [0.3, 0.4) is 0 Å². The normalized spacial score (nSPS) is 22.4. The van der Waals surface area contributed by atoms with Gasteiger partial charge in [0.05, 0.1) is 5.54 Å². The molecule has 0 atom stereocenters. The van der Waals surface area contributed by atoms with Gasteiger partial charge in [0.15, 0.2) is 0 Å². The summed E-state index contributed by atoms with van der Waals surface area (Å²) in [6.45, 7) is 1.67. The van der Waals surface area contributed by atoms with Crippen LogP contribution in [0.15, 0.2) is 29.3 Å². The van der Waals surface area contributed by atoms with E-state index in [4.69, 9.17) is 4.74 Å². The first kappa shape index (κ1) is 13.5. The molecule has 1 saturated carbocycles. The fraction of sp³-hybridized carbons (Fsp3) is 0.588. The summed E-state index contributed by atoms with van der Waals surface area (Å²) < 4.78 is 5.47. The smallest absolute Gasteiger partial charge is 0.235 e. The average Bonchev–Trinajstić information content (AvgIpc) is 2.98. The van der Waals surface area contributed by atoms with Crippen molar-refractivity contribution in [1.29, 1.82) is 0 Å². The van der Waals surface area contributed by atoms with Gasteiger partial charge in [-0.3, -0.25) is 0 Å². The second-order valence-electron chi connectivity index (χ2n) is 5.92. The molecule has 106 valence electrons. The van der Waals surface area contributed by atoms with E-state index < -0.39 is 0 Å². The maximum atomic E-state index is 10.9. The van der Waals surface area contributed by atoms with E-state index in [0.29, 0.717) is 5.92 Å². The number of carbonyl (C=O) groups excluding carboxylic acids is 1. The van der Waals surface area contributed by atoms with E-state index in [9.17, 15) is 4.79 Å². The predicted molar refractivity (Wildman–Crippen MR) is 77.5 cm³/mol. The van der Waals surface area contributed by atoms with Crippen molar-refractivity contribution < 1.29 is 9.53 Å². The van der Waals surface area contributed by atoms with Crippen molar-refractivity contribution in [2.75, 3.05) is 13.2 Å². The van der Waals surface area contributed by atoms with E-state index >= 15 is 0 Å². The molecule has 3 rings (SSSR count). The molecule has 0 bridgehead atoms. The van der Waals surface area contributed by atoms with Gasteiger partial charge in [0, 0.05) is 13.2 Å². The van der Waals surface area contributed by atoms with E-state index in [2.05, 4.69) is 29.3 Å². The molecule has 0 radical (unpaired) electrons. The number of nitrogens with zero attached hydrogens (tertiary/aromatic N) is 1. The molecule has 0 unspecified atom stereocenters. The van der Waals surface area contributed by atoms with Crippen LogP contribution in [0, 0.1) is 0 Å². The predicted octanol–water partition coefficient (Wildman–Crippen LogP) is 3.69. The summed E-state index contributed by atoms with van der Waals surface area (Å²) in [5.74, 6) is 0.541. The summed E-state index contributed by atoms with van der Waals surface area (Å²) in [6.07, 6.45) is 8.21. The molecule has 2 fully saturated rings. The molecule has 2 aliphatic rings. The highest BCUT2D eigenvalue weighted by Crippen LogP contribution is 2.45. The molecule has 0 spiro atoms. The van der Waals surface area contributed by atoms with Crippen molar-refractivity contribution in [3.8, 4) is 0 Å². The first-order valence-electron chi connectivity index (χ1n) is 7.62. The molecule has 0 N–H and O–H groups in total. The Morgan fingerprint density at radius 3 is 2.55 bits per heavy atom. The third kappa shape index (κ3) is 2.44. The monoisotopic (exact) mass is 271 g/mol. The Balaban J connectivity index is 2.01. The molecule has 1 heterocycles. The van der Waals surface area contributed by atoms with Crippen LogP contribution in [0.25, 0.3) is 0 Å². The molecule has 1 aromatic rings. The van der Waals surface area contributed by atoms with Crippen LogP contribution < -0.4 is 0 Å². The lowest BCUT2D eigenvalue weighted by atomic mass is 9.79. The third-order valence-corrected chi connectivity index (χ3v) is 4.81. The van der Waals surface area contributed by atoms with Gasteiger partial charge in [-0.25, -0.2) is 4.79 Å². The highest BCUT2D eigenvalue weighted by molar-refractivity contribution is 5.43. The van der Waals surface area contributed by atoms with E-state index in [-0.39, 0.29) is 5.54 Å². The zero-order chi connectivity index (χ0) is 13.8. The standard InChI is InChI=1S/C17H21NO2/c19-13-18-17(9-3-4-10-17)16-6-2-1-5-15(16)14-7-11-20-12-8-14/h1-2,5-6,14H,3-4,7-12H2. The van der Waals surface area contributed by atoms with Gasteiger partial charge in [0.25, 0.3) is 0 Å². The van der Waals surface area contributed by atoms with Gasteiger partial charge in [0.1, 0.15) is 0 Å². The average molecular weight is 271 g/mol. The number of ether oxygens (including phenoxy) is 1. The lowest BCUT2D eigenvalue weighted by Crippen LogP contribution is -2.24. The summed E-state index contributed by atoms with van der Waals surface area (Å²) in [5, 5.41) is 0. The van der Waals surface area contributed by atoms with Crippen LogP contribution in [-0.2, 0) is 15.1 Å². The summed E-state index contributed by atoms with van der Waals surface area (Å²) in [7, 11) is 0. The van der Waals surface area contributed by atoms with Crippen molar-refractivity contribution in [2.45, 2.75) is 50.0 Å². The molecule has 3 nitrogen and oxygen atoms in total. The molecule has 1 saturated heterocycles. The summed E-state index contributed by atoms with van der Waals surface area (Å²) in [5.41, 5.74) is 2.32.